The molecule has 8 nitrogen and oxygen atoms in total. The largest absolute Gasteiger partial charge is 0.434 e. The topological polar surface area (TPSA) is 95.0 Å². The molecule has 0 radical (unpaired) electrons. The zero-order chi connectivity index (χ0) is 24.3. The maximum atomic E-state index is 13.2. The number of aromatic nitrogens is 5. The van der Waals surface area contributed by atoms with Crippen LogP contribution in [-0.4, -0.2) is 39.0 Å². The zero-order valence-electron chi connectivity index (χ0n) is 18.1. The number of halogens is 4. The summed E-state index contributed by atoms with van der Waals surface area (Å²) in [6.07, 6.45) is -0.614. The van der Waals surface area contributed by atoms with Crippen LogP contribution < -0.4 is 5.56 Å². The van der Waals surface area contributed by atoms with Gasteiger partial charge in [-0.3, -0.25) is 14.0 Å². The fourth-order valence-electron chi connectivity index (χ4n) is 3.18. The molecule has 0 bridgehead atoms. The first-order valence-electron chi connectivity index (χ1n) is 9.97. The van der Waals surface area contributed by atoms with Gasteiger partial charge in [-0.15, -0.1) is 0 Å². The number of nitrogens with zero attached hydrogens (tertiary/aromatic N) is 6. The van der Waals surface area contributed by atoms with Gasteiger partial charge >= 0.3 is 6.18 Å². The number of rotatable bonds is 4. The summed E-state index contributed by atoms with van der Waals surface area (Å²) in [7, 11) is -0.249. The van der Waals surface area contributed by atoms with Crippen LogP contribution in [0.25, 0.3) is 11.0 Å². The Kier molecular flexibility index (Phi) is 5.72. The van der Waals surface area contributed by atoms with E-state index in [-0.39, 0.29) is 39.6 Å². The van der Waals surface area contributed by atoms with Crippen molar-refractivity contribution >= 4 is 39.3 Å². The van der Waals surface area contributed by atoms with Gasteiger partial charge in [0.2, 0.25) is 0 Å². The molecule has 1 aliphatic carbocycles. The fraction of sp³-hybridized carbons (Fsp3) is 0.450. The van der Waals surface area contributed by atoms with Gasteiger partial charge in [-0.1, -0.05) is 11.6 Å². The number of fused-ring (bicyclic) bond motifs is 1. The minimum Gasteiger partial charge on any atom is -0.294 e. The average molecular weight is 501 g/mol. The highest BCUT2D eigenvalue weighted by Crippen LogP contribution is 2.35. The second-order valence-electron chi connectivity index (χ2n) is 8.71. The summed E-state index contributed by atoms with van der Waals surface area (Å²) in [6, 6.07) is 1.14. The monoisotopic (exact) mass is 500 g/mol. The lowest BCUT2D eigenvalue weighted by Gasteiger charge is -2.16. The van der Waals surface area contributed by atoms with Gasteiger partial charge in [0.15, 0.2) is 11.2 Å². The van der Waals surface area contributed by atoms with Crippen molar-refractivity contribution in [1.82, 2.24) is 24.3 Å². The summed E-state index contributed by atoms with van der Waals surface area (Å²) < 4.78 is 58.8. The second kappa shape index (κ2) is 8.01. The first-order valence-corrected chi connectivity index (χ1v) is 11.5. The normalized spacial score (nSPS) is 16.4. The van der Waals surface area contributed by atoms with Crippen LogP contribution in [0.5, 0.6) is 0 Å². The van der Waals surface area contributed by atoms with Gasteiger partial charge < -0.3 is 0 Å². The molecule has 0 spiro atoms. The number of hydrogen-bond acceptors (Lipinski definition) is 5. The van der Waals surface area contributed by atoms with Crippen molar-refractivity contribution in [3.8, 4) is 0 Å². The van der Waals surface area contributed by atoms with Crippen LogP contribution in [0.4, 0.5) is 13.2 Å². The van der Waals surface area contributed by atoms with Crippen LogP contribution in [0.1, 0.15) is 56.6 Å². The first kappa shape index (κ1) is 23.6. The molecule has 3 aromatic heterocycles. The molecule has 0 amide bonds. The Morgan fingerprint density at radius 1 is 1.21 bits per heavy atom. The third-order valence-electron chi connectivity index (χ3n) is 5.02. The van der Waals surface area contributed by atoms with Crippen molar-refractivity contribution in [3.05, 3.63) is 50.9 Å². The van der Waals surface area contributed by atoms with Gasteiger partial charge in [0.1, 0.15) is 27.9 Å². The summed E-state index contributed by atoms with van der Waals surface area (Å²) in [5, 5.41) is 3.65. The maximum Gasteiger partial charge on any atom is 0.434 e. The van der Waals surface area contributed by atoms with E-state index in [4.69, 9.17) is 11.6 Å². The third kappa shape index (κ3) is 4.45. The Hall–Kier alpha value is -2.60. The van der Waals surface area contributed by atoms with E-state index in [1.807, 2.05) is 0 Å². The molecule has 1 saturated carbocycles. The van der Waals surface area contributed by atoms with Crippen molar-refractivity contribution in [2.75, 3.05) is 0 Å². The summed E-state index contributed by atoms with van der Waals surface area (Å²) in [5.41, 5.74) is -0.965. The molecule has 13 heteroatoms. The summed E-state index contributed by atoms with van der Waals surface area (Å²) in [5.74, 6) is 0. The van der Waals surface area contributed by atoms with E-state index >= 15 is 0 Å². The van der Waals surface area contributed by atoms with Gasteiger partial charge in [-0.05, 0) is 39.7 Å². The van der Waals surface area contributed by atoms with Crippen molar-refractivity contribution in [2.45, 2.75) is 50.6 Å². The van der Waals surface area contributed by atoms with Crippen molar-refractivity contribution < 1.29 is 17.4 Å². The second-order valence-corrected chi connectivity index (χ2v) is 11.0. The Morgan fingerprint density at radius 2 is 1.88 bits per heavy atom. The van der Waals surface area contributed by atoms with Gasteiger partial charge in [0.25, 0.3) is 5.56 Å². The van der Waals surface area contributed by atoms with Gasteiger partial charge in [0, 0.05) is 24.8 Å². The van der Waals surface area contributed by atoms with Gasteiger partial charge in [0.05, 0.1) is 16.1 Å². The lowest BCUT2D eigenvalue weighted by atomic mass is 10.1. The van der Waals surface area contributed by atoms with Crippen LogP contribution >= 0.6 is 11.6 Å². The molecule has 1 atom stereocenters. The predicted molar refractivity (Wildman–Crippen MR) is 119 cm³/mol. The van der Waals surface area contributed by atoms with E-state index in [1.165, 1.54) is 15.6 Å². The Morgan fingerprint density at radius 3 is 2.42 bits per heavy atom. The van der Waals surface area contributed by atoms with Crippen LogP contribution in [0.15, 0.2) is 27.8 Å². The summed E-state index contributed by atoms with van der Waals surface area (Å²) in [4.78, 5) is 20.8. The molecule has 1 unspecified atom stereocenters. The Balaban J connectivity index is 1.96. The molecule has 1 fully saturated rings. The first-order chi connectivity index (χ1) is 15.3. The lowest BCUT2D eigenvalue weighted by Crippen LogP contribution is -2.23. The molecule has 3 aromatic rings. The maximum absolute atomic E-state index is 13.2. The summed E-state index contributed by atoms with van der Waals surface area (Å²) in [6.45, 7) is 5.11. The lowest BCUT2D eigenvalue weighted by molar-refractivity contribution is -0.141. The number of alkyl halides is 3. The smallest absolute Gasteiger partial charge is 0.294 e. The Labute approximate surface area is 194 Å². The SMILES string of the molecule is Cn1nc2c(=O)n(C3CC3)cnc2c1C(=NS(=O)C(C)(C)C)c1cnc(C(F)(F)F)c(Cl)c1. The van der Waals surface area contributed by atoms with E-state index in [9.17, 15) is 22.2 Å². The highest BCUT2D eigenvalue weighted by molar-refractivity contribution is 7.85. The molecule has 4 rings (SSSR count). The van der Waals surface area contributed by atoms with Crippen LogP contribution in [0.3, 0.4) is 0 Å². The zero-order valence-corrected chi connectivity index (χ0v) is 19.7. The molecule has 3 heterocycles. The molecular weight excluding hydrogens is 481 g/mol. The van der Waals surface area contributed by atoms with Crippen molar-refractivity contribution in [3.63, 3.8) is 0 Å². The molecule has 0 saturated heterocycles. The Bertz CT molecular complexity index is 1370. The molecule has 0 N–H and O–H groups in total. The fourth-order valence-corrected chi connectivity index (χ4v) is 4.09. The standard InChI is InChI=1S/C20H20ClF3N6O2S/c1-19(2,3)33(32)28-13(10-7-12(21)17(25-8-10)20(22,23)24)16-14-15(27-29(16)4)18(31)30(9-26-14)11-5-6-11/h7-9,11H,5-6H2,1-4H3. The molecule has 176 valence electrons. The average Bonchev–Trinajstić information content (AvgIpc) is 3.47. The van der Waals surface area contributed by atoms with E-state index in [1.54, 1.807) is 27.8 Å². The van der Waals surface area contributed by atoms with Gasteiger partial charge in [-0.25, -0.2) is 14.2 Å². The van der Waals surface area contributed by atoms with Crippen molar-refractivity contribution in [2.24, 2.45) is 11.4 Å². The number of hydrogen-bond donors (Lipinski definition) is 0. The highest BCUT2D eigenvalue weighted by Gasteiger charge is 2.36. The summed E-state index contributed by atoms with van der Waals surface area (Å²) >= 11 is 5.89. The predicted octanol–water partition coefficient (Wildman–Crippen LogP) is 3.83. The molecule has 0 aliphatic heterocycles. The van der Waals surface area contributed by atoms with Crippen LogP contribution in [0, 0.1) is 0 Å². The number of pyridine rings is 1. The van der Waals surface area contributed by atoms with Crippen LogP contribution in [-0.2, 0) is 24.2 Å². The minimum absolute atomic E-state index is 0.0208. The molecule has 33 heavy (non-hydrogen) atoms. The molecular formula is C20H20ClF3N6O2S. The van der Waals surface area contributed by atoms with E-state index in [0.717, 1.165) is 25.1 Å². The molecule has 0 aromatic carbocycles. The quantitative estimate of drug-likeness (QED) is 0.507. The third-order valence-corrected chi connectivity index (χ3v) is 6.70. The van der Waals surface area contributed by atoms with Crippen LogP contribution in [0.2, 0.25) is 5.02 Å². The van der Waals surface area contributed by atoms with E-state index in [0.29, 0.717) is 0 Å². The number of aryl methyl sites for hydroxylation is 1. The van der Waals surface area contributed by atoms with Crippen molar-refractivity contribution in [1.29, 1.82) is 0 Å². The van der Waals surface area contributed by atoms with E-state index < -0.39 is 32.6 Å². The highest BCUT2D eigenvalue weighted by atomic mass is 35.5. The minimum atomic E-state index is -4.74. The van der Waals surface area contributed by atoms with Gasteiger partial charge in [-0.2, -0.15) is 22.7 Å². The molecule has 1 aliphatic rings. The van der Waals surface area contributed by atoms with E-state index in [2.05, 4.69) is 19.5 Å².